The van der Waals surface area contributed by atoms with Crippen molar-refractivity contribution in [3.05, 3.63) is 106 Å². The highest BCUT2D eigenvalue weighted by Crippen LogP contribution is 2.43. The topological polar surface area (TPSA) is 111 Å². The number of hydrogen-bond acceptors (Lipinski definition) is 9. The number of benzene rings is 3. The minimum Gasteiger partial charge on any atom is -0.392 e. The first-order chi connectivity index (χ1) is 19.8. The maximum atomic E-state index is 13.1. The van der Waals surface area contributed by atoms with E-state index in [1.54, 1.807) is 65.6 Å². The number of aliphatic hydroxyl groups is 1. The van der Waals surface area contributed by atoms with Gasteiger partial charge >= 0.3 is 0 Å². The Morgan fingerprint density at radius 2 is 1.73 bits per heavy atom. The van der Waals surface area contributed by atoms with E-state index in [-0.39, 0.29) is 36.4 Å². The molecule has 1 amide bonds. The Balaban J connectivity index is 1.38. The fourth-order valence-corrected chi connectivity index (χ4v) is 6.65. The minimum atomic E-state index is -0.704. The van der Waals surface area contributed by atoms with E-state index in [0.29, 0.717) is 22.6 Å². The van der Waals surface area contributed by atoms with Crippen molar-refractivity contribution < 1.29 is 24.2 Å². The summed E-state index contributed by atoms with van der Waals surface area (Å²) < 4.78 is 13.9. The number of aryl methyl sites for hydroxylation is 1. The molecule has 0 spiro atoms. The summed E-state index contributed by atoms with van der Waals surface area (Å²) in [6.45, 7) is 5.50. The van der Waals surface area contributed by atoms with Gasteiger partial charge in [-0.2, -0.15) is 0 Å². The molecular formula is C31H31N3O5S2. The van der Waals surface area contributed by atoms with Crippen LogP contribution in [0.5, 0.6) is 0 Å². The molecule has 1 aromatic heterocycles. The monoisotopic (exact) mass is 589 g/mol. The van der Waals surface area contributed by atoms with Crippen molar-refractivity contribution >= 4 is 40.5 Å². The molecule has 1 fully saturated rings. The molecule has 0 saturated carbocycles. The Hall–Kier alpha value is -3.41. The van der Waals surface area contributed by atoms with Crippen LogP contribution >= 0.6 is 23.1 Å². The molecule has 0 bridgehead atoms. The molecule has 1 saturated heterocycles. The Morgan fingerprint density at radius 3 is 2.44 bits per heavy atom. The summed E-state index contributed by atoms with van der Waals surface area (Å²) in [6.07, 6.45) is -1.14. The second-order valence-corrected chi connectivity index (χ2v) is 12.4. The lowest BCUT2D eigenvalue weighted by molar-refractivity contribution is -0.268. The third-order valence-electron chi connectivity index (χ3n) is 6.95. The number of aromatic nitrogens is 2. The highest BCUT2D eigenvalue weighted by atomic mass is 32.2. The second-order valence-electron chi connectivity index (χ2n) is 9.94. The Bertz CT molecular complexity index is 1520. The van der Waals surface area contributed by atoms with Gasteiger partial charge in [-0.05, 0) is 49.2 Å². The second kappa shape index (κ2) is 13.1. The number of aliphatic hydroxyl groups excluding tert-OH is 1. The van der Waals surface area contributed by atoms with E-state index < -0.39 is 6.29 Å². The summed E-state index contributed by atoms with van der Waals surface area (Å²) in [5.41, 5.74) is 4.06. The van der Waals surface area contributed by atoms with Crippen LogP contribution in [-0.4, -0.2) is 38.9 Å². The number of anilines is 1. The fraction of sp³-hybridized carbons (Fsp3) is 0.290. The fourth-order valence-electron chi connectivity index (χ4n) is 4.65. The van der Waals surface area contributed by atoms with Crippen LogP contribution in [0.3, 0.4) is 0 Å². The van der Waals surface area contributed by atoms with Gasteiger partial charge in [0.2, 0.25) is 0 Å². The zero-order valence-electron chi connectivity index (χ0n) is 22.9. The molecule has 41 heavy (non-hydrogen) atoms. The number of rotatable bonds is 9. The van der Waals surface area contributed by atoms with Crippen molar-refractivity contribution in [1.82, 2.24) is 10.2 Å². The number of carbonyl (C=O) groups excluding carboxylic acids is 2. The SMILES string of the molecule is CC(=O)c1cccc(NC(=O)c2cccc(C3O[C@H](CSc4nnc(C)s4)[C@H](C)[C@H](c4ccc(CO)cc4)O3)c2)c1. The third kappa shape index (κ3) is 7.09. The number of amides is 1. The first-order valence-electron chi connectivity index (χ1n) is 13.3. The van der Waals surface area contributed by atoms with Gasteiger partial charge in [-0.25, -0.2) is 0 Å². The van der Waals surface area contributed by atoms with E-state index in [9.17, 15) is 14.7 Å². The van der Waals surface area contributed by atoms with Gasteiger partial charge in [0.25, 0.3) is 5.91 Å². The van der Waals surface area contributed by atoms with E-state index in [4.69, 9.17) is 9.47 Å². The summed E-state index contributed by atoms with van der Waals surface area (Å²) >= 11 is 3.16. The smallest absolute Gasteiger partial charge is 0.255 e. The van der Waals surface area contributed by atoms with Crippen LogP contribution in [0.2, 0.25) is 0 Å². The summed E-state index contributed by atoms with van der Waals surface area (Å²) in [7, 11) is 0. The van der Waals surface area contributed by atoms with E-state index in [1.807, 2.05) is 37.3 Å². The Kier molecular flexibility index (Phi) is 9.26. The van der Waals surface area contributed by atoms with Crippen LogP contribution in [0.15, 0.2) is 77.1 Å². The summed E-state index contributed by atoms with van der Waals surface area (Å²) in [4.78, 5) is 24.9. The summed E-state index contributed by atoms with van der Waals surface area (Å²) in [6, 6.07) is 21.8. The molecule has 1 aliphatic heterocycles. The molecule has 8 nitrogen and oxygen atoms in total. The molecule has 2 N–H and O–H groups in total. The zero-order chi connectivity index (χ0) is 28.9. The maximum absolute atomic E-state index is 13.1. The molecule has 2 heterocycles. The predicted octanol–water partition coefficient (Wildman–Crippen LogP) is 6.38. The van der Waals surface area contributed by atoms with Gasteiger partial charge in [0.05, 0.1) is 18.8 Å². The van der Waals surface area contributed by atoms with Crippen molar-refractivity contribution in [2.45, 2.75) is 50.2 Å². The lowest BCUT2D eigenvalue weighted by atomic mass is 9.91. The minimum absolute atomic E-state index is 0.0211. The highest BCUT2D eigenvalue weighted by molar-refractivity contribution is 8.01. The van der Waals surface area contributed by atoms with Crippen LogP contribution in [-0.2, 0) is 16.1 Å². The molecule has 3 aromatic carbocycles. The largest absolute Gasteiger partial charge is 0.392 e. The molecule has 4 aromatic rings. The van der Waals surface area contributed by atoms with E-state index >= 15 is 0 Å². The van der Waals surface area contributed by atoms with E-state index in [2.05, 4.69) is 22.4 Å². The number of Topliss-reactive ketones (excluding diaryl/α,β-unsaturated/α-hetero) is 1. The van der Waals surface area contributed by atoms with Crippen molar-refractivity contribution in [2.24, 2.45) is 5.92 Å². The number of nitrogens with one attached hydrogen (secondary N) is 1. The molecule has 212 valence electrons. The van der Waals surface area contributed by atoms with Gasteiger partial charge in [-0.3, -0.25) is 9.59 Å². The van der Waals surface area contributed by atoms with Crippen LogP contribution in [0.1, 0.15) is 68.7 Å². The molecular weight excluding hydrogens is 558 g/mol. The van der Waals surface area contributed by atoms with Crippen LogP contribution in [0, 0.1) is 12.8 Å². The van der Waals surface area contributed by atoms with Gasteiger partial charge in [0.1, 0.15) is 5.01 Å². The molecule has 0 aliphatic carbocycles. The normalized spacial score (nSPS) is 20.5. The molecule has 0 radical (unpaired) electrons. The molecule has 1 unspecified atom stereocenters. The van der Waals surface area contributed by atoms with Gasteiger partial charge < -0.3 is 19.9 Å². The average Bonchev–Trinajstić information content (AvgIpc) is 3.41. The number of thioether (sulfide) groups is 1. The number of ether oxygens (including phenoxy) is 2. The van der Waals surface area contributed by atoms with Crippen molar-refractivity contribution in [3.63, 3.8) is 0 Å². The van der Waals surface area contributed by atoms with Crippen LogP contribution in [0.4, 0.5) is 5.69 Å². The van der Waals surface area contributed by atoms with Crippen molar-refractivity contribution in [1.29, 1.82) is 0 Å². The highest BCUT2D eigenvalue weighted by Gasteiger charge is 2.38. The summed E-state index contributed by atoms with van der Waals surface area (Å²) in [5, 5.41) is 21.6. The van der Waals surface area contributed by atoms with E-state index in [1.165, 1.54) is 6.92 Å². The maximum Gasteiger partial charge on any atom is 0.255 e. The molecule has 4 atom stereocenters. The number of nitrogens with zero attached hydrogens (tertiary/aromatic N) is 2. The number of ketones is 1. The van der Waals surface area contributed by atoms with Crippen molar-refractivity contribution in [2.75, 3.05) is 11.1 Å². The predicted molar refractivity (Wildman–Crippen MR) is 159 cm³/mol. The zero-order valence-corrected chi connectivity index (χ0v) is 24.6. The number of hydrogen-bond donors (Lipinski definition) is 2. The van der Waals surface area contributed by atoms with Gasteiger partial charge in [-0.15, -0.1) is 10.2 Å². The standard InChI is InChI=1S/C31H31N3O5S2/c1-18-27(17-40-31-34-33-20(3)41-31)38-30(39-28(18)22-12-10-21(16-35)11-13-22)25-8-4-7-24(14-25)29(37)32-26-9-5-6-23(15-26)19(2)36/h4-15,18,27-28,30,35H,16-17H2,1-3H3,(H,32,37)/t18-,27+,28+,30?/m0/s1. The Morgan fingerprint density at radius 1 is 0.976 bits per heavy atom. The summed E-state index contributed by atoms with van der Waals surface area (Å²) in [5.74, 6) is 0.311. The van der Waals surface area contributed by atoms with Gasteiger partial charge in [-0.1, -0.05) is 78.6 Å². The molecule has 10 heteroatoms. The van der Waals surface area contributed by atoms with Crippen LogP contribution < -0.4 is 5.32 Å². The van der Waals surface area contributed by atoms with Crippen LogP contribution in [0.25, 0.3) is 0 Å². The lowest BCUT2D eigenvalue weighted by Crippen LogP contribution is -2.38. The quantitative estimate of drug-likeness (QED) is 0.171. The van der Waals surface area contributed by atoms with E-state index in [0.717, 1.165) is 26.0 Å². The first-order valence-corrected chi connectivity index (χ1v) is 15.1. The third-order valence-corrected chi connectivity index (χ3v) is 9.01. The first kappa shape index (κ1) is 29.1. The van der Waals surface area contributed by atoms with Gasteiger partial charge in [0, 0.05) is 34.0 Å². The Labute approximate surface area is 247 Å². The van der Waals surface area contributed by atoms with Crippen molar-refractivity contribution in [3.8, 4) is 0 Å². The molecule has 1 aliphatic rings. The number of carbonyl (C=O) groups is 2. The average molecular weight is 590 g/mol. The lowest BCUT2D eigenvalue weighted by Gasteiger charge is -2.41. The molecule has 5 rings (SSSR count). The van der Waals surface area contributed by atoms with Gasteiger partial charge in [0.15, 0.2) is 16.4 Å².